The molecule has 4 nitrogen and oxygen atoms in total. The number of rotatable bonds is 3. The average Bonchev–Trinajstić information content (AvgIpc) is 2.15. The first-order chi connectivity index (χ1) is 6.57. The van der Waals surface area contributed by atoms with Crippen LogP contribution in [0.2, 0.25) is 5.02 Å². The fourth-order valence-electron chi connectivity index (χ4n) is 1.24. The molecule has 0 atom stereocenters. The van der Waals surface area contributed by atoms with E-state index in [0.29, 0.717) is 17.0 Å². The Morgan fingerprint density at radius 3 is 2.71 bits per heavy atom. The van der Waals surface area contributed by atoms with Crippen molar-refractivity contribution in [3.8, 4) is 11.5 Å². The van der Waals surface area contributed by atoms with Crippen LogP contribution < -0.4 is 5.90 Å². The topological polar surface area (TPSA) is 75.7 Å². The lowest BCUT2D eigenvalue weighted by Gasteiger charge is -2.10. The first kappa shape index (κ1) is 11.1. The molecule has 0 aliphatic carbocycles. The van der Waals surface area contributed by atoms with E-state index in [0.717, 1.165) is 5.56 Å². The van der Waals surface area contributed by atoms with Crippen molar-refractivity contribution < 1.29 is 15.1 Å². The molecule has 0 saturated carbocycles. The molecule has 0 aromatic heterocycles. The van der Waals surface area contributed by atoms with Crippen LogP contribution in [0.25, 0.3) is 0 Å². The van der Waals surface area contributed by atoms with E-state index in [4.69, 9.17) is 17.5 Å². The van der Waals surface area contributed by atoms with Gasteiger partial charge < -0.3 is 15.1 Å². The zero-order valence-electron chi connectivity index (χ0n) is 7.75. The molecule has 0 bridgehead atoms. The van der Waals surface area contributed by atoms with Crippen LogP contribution >= 0.6 is 11.6 Å². The molecule has 0 fully saturated rings. The molecule has 0 amide bonds. The van der Waals surface area contributed by atoms with E-state index in [2.05, 4.69) is 4.84 Å². The lowest BCUT2D eigenvalue weighted by molar-refractivity contribution is 0.140. The largest absolute Gasteiger partial charge is 0.504 e. The Balaban J connectivity index is 3.11. The van der Waals surface area contributed by atoms with Gasteiger partial charge in [-0.2, -0.15) is 0 Å². The van der Waals surface area contributed by atoms with Gasteiger partial charge in [-0.05, 0) is 12.5 Å². The minimum absolute atomic E-state index is 0.163. The van der Waals surface area contributed by atoms with Crippen molar-refractivity contribution in [1.29, 1.82) is 0 Å². The van der Waals surface area contributed by atoms with Crippen LogP contribution in [0.15, 0.2) is 6.07 Å². The molecule has 78 valence electrons. The third-order valence-corrected chi connectivity index (χ3v) is 2.47. The average molecular weight is 218 g/mol. The minimum Gasteiger partial charge on any atom is -0.504 e. The summed E-state index contributed by atoms with van der Waals surface area (Å²) >= 11 is 5.83. The maximum Gasteiger partial charge on any atom is 0.161 e. The normalized spacial score (nSPS) is 10.5. The predicted molar refractivity (Wildman–Crippen MR) is 53.4 cm³/mol. The van der Waals surface area contributed by atoms with Crippen LogP contribution in [0.4, 0.5) is 0 Å². The number of hydrogen-bond acceptors (Lipinski definition) is 4. The molecule has 0 unspecified atom stereocenters. The van der Waals surface area contributed by atoms with E-state index < -0.39 is 0 Å². The number of halogens is 1. The zero-order chi connectivity index (χ0) is 10.7. The van der Waals surface area contributed by atoms with Gasteiger partial charge >= 0.3 is 0 Å². The highest BCUT2D eigenvalue weighted by atomic mass is 35.5. The molecule has 1 aromatic rings. The molecule has 1 aromatic carbocycles. The highest BCUT2D eigenvalue weighted by molar-refractivity contribution is 6.31. The number of phenolic OH excluding ortho intramolecular Hbond substituents is 2. The van der Waals surface area contributed by atoms with Gasteiger partial charge in [-0.3, -0.25) is 0 Å². The summed E-state index contributed by atoms with van der Waals surface area (Å²) in [4.78, 5) is 4.40. The Morgan fingerprint density at radius 1 is 1.50 bits per heavy atom. The number of phenols is 2. The summed E-state index contributed by atoms with van der Waals surface area (Å²) in [5.74, 6) is 4.48. The summed E-state index contributed by atoms with van der Waals surface area (Å²) in [6, 6.07) is 1.30. The Kier molecular flexibility index (Phi) is 3.57. The van der Waals surface area contributed by atoms with Gasteiger partial charge in [0.15, 0.2) is 11.5 Å². The molecular formula is C9H12ClNO3. The van der Waals surface area contributed by atoms with Crippen molar-refractivity contribution in [2.24, 2.45) is 5.90 Å². The molecule has 0 saturated heterocycles. The highest BCUT2D eigenvalue weighted by Gasteiger charge is 2.12. The van der Waals surface area contributed by atoms with Gasteiger partial charge in [-0.15, -0.1) is 0 Å². The SMILES string of the molecule is Cc1c(Cl)cc(O)c(O)c1CCON. The Labute approximate surface area is 86.8 Å². The molecular weight excluding hydrogens is 206 g/mol. The molecule has 14 heavy (non-hydrogen) atoms. The molecule has 0 aliphatic heterocycles. The molecule has 0 heterocycles. The van der Waals surface area contributed by atoms with Gasteiger partial charge in [0.2, 0.25) is 0 Å². The van der Waals surface area contributed by atoms with Crippen LogP contribution in [-0.2, 0) is 11.3 Å². The minimum atomic E-state index is -0.229. The second kappa shape index (κ2) is 4.50. The van der Waals surface area contributed by atoms with E-state index in [9.17, 15) is 10.2 Å². The second-order valence-electron chi connectivity index (χ2n) is 2.95. The Bertz CT molecular complexity index is 315. The maximum absolute atomic E-state index is 9.52. The van der Waals surface area contributed by atoms with Gasteiger partial charge in [0.05, 0.1) is 6.61 Å². The lowest BCUT2D eigenvalue weighted by Crippen LogP contribution is -2.05. The Hall–Kier alpha value is -0.970. The van der Waals surface area contributed by atoms with Gasteiger partial charge in [0, 0.05) is 23.1 Å². The standard InChI is InChI=1S/C9H12ClNO3/c1-5-6(2-3-14-11)9(13)8(12)4-7(5)10/h4,12-13H,2-3,11H2,1H3. The fourth-order valence-corrected chi connectivity index (χ4v) is 1.46. The first-order valence-electron chi connectivity index (χ1n) is 4.09. The summed E-state index contributed by atoms with van der Waals surface area (Å²) < 4.78 is 0. The van der Waals surface area contributed by atoms with Crippen molar-refractivity contribution in [2.45, 2.75) is 13.3 Å². The predicted octanol–water partition coefficient (Wildman–Crippen LogP) is 1.49. The van der Waals surface area contributed by atoms with Gasteiger partial charge in [-0.25, -0.2) is 5.90 Å². The van der Waals surface area contributed by atoms with Crippen LogP contribution in [0, 0.1) is 6.92 Å². The number of nitrogens with two attached hydrogens (primary N) is 1. The lowest BCUT2D eigenvalue weighted by atomic mass is 10.0. The number of hydrogen-bond donors (Lipinski definition) is 3. The molecule has 5 heteroatoms. The summed E-state index contributed by atoms with van der Waals surface area (Å²) in [7, 11) is 0. The zero-order valence-corrected chi connectivity index (χ0v) is 8.51. The molecule has 0 aliphatic rings. The Morgan fingerprint density at radius 2 is 2.14 bits per heavy atom. The van der Waals surface area contributed by atoms with Crippen molar-refractivity contribution in [2.75, 3.05) is 6.61 Å². The van der Waals surface area contributed by atoms with Crippen molar-refractivity contribution in [3.63, 3.8) is 0 Å². The first-order valence-corrected chi connectivity index (χ1v) is 4.47. The van der Waals surface area contributed by atoms with Crippen LogP contribution in [0.5, 0.6) is 11.5 Å². The highest BCUT2D eigenvalue weighted by Crippen LogP contribution is 2.36. The van der Waals surface area contributed by atoms with Crippen LogP contribution in [-0.4, -0.2) is 16.8 Å². The monoisotopic (exact) mass is 217 g/mol. The summed E-state index contributed by atoms with van der Waals surface area (Å²) in [6.45, 7) is 2.02. The van der Waals surface area contributed by atoms with E-state index in [1.807, 2.05) is 0 Å². The van der Waals surface area contributed by atoms with E-state index in [1.54, 1.807) is 6.92 Å². The van der Waals surface area contributed by atoms with Crippen LogP contribution in [0.1, 0.15) is 11.1 Å². The third-order valence-electron chi connectivity index (χ3n) is 2.07. The van der Waals surface area contributed by atoms with E-state index in [1.165, 1.54) is 6.07 Å². The quantitative estimate of drug-likeness (QED) is 0.530. The summed E-state index contributed by atoms with van der Waals surface area (Å²) in [5.41, 5.74) is 1.28. The van der Waals surface area contributed by atoms with Gasteiger partial charge in [-0.1, -0.05) is 11.6 Å². The molecule has 0 radical (unpaired) electrons. The summed E-state index contributed by atoms with van der Waals surface area (Å²) in [5, 5.41) is 19.2. The maximum atomic E-state index is 9.52. The van der Waals surface area contributed by atoms with Gasteiger partial charge in [0.1, 0.15) is 0 Å². The number of benzene rings is 1. The van der Waals surface area contributed by atoms with E-state index >= 15 is 0 Å². The number of aromatic hydroxyl groups is 2. The van der Waals surface area contributed by atoms with Crippen molar-refractivity contribution >= 4 is 11.6 Å². The molecule has 0 spiro atoms. The molecule has 1 rings (SSSR count). The van der Waals surface area contributed by atoms with E-state index in [-0.39, 0.29) is 18.1 Å². The summed E-state index contributed by atoms with van der Waals surface area (Å²) in [6.07, 6.45) is 0.405. The van der Waals surface area contributed by atoms with Gasteiger partial charge in [0.25, 0.3) is 0 Å². The second-order valence-corrected chi connectivity index (χ2v) is 3.36. The smallest absolute Gasteiger partial charge is 0.161 e. The van der Waals surface area contributed by atoms with Crippen molar-refractivity contribution in [3.05, 3.63) is 22.2 Å². The van der Waals surface area contributed by atoms with Crippen molar-refractivity contribution in [1.82, 2.24) is 0 Å². The fraction of sp³-hybridized carbons (Fsp3) is 0.333. The molecule has 4 N–H and O–H groups in total. The van der Waals surface area contributed by atoms with Crippen LogP contribution in [0.3, 0.4) is 0 Å². The third kappa shape index (κ3) is 2.09.